The van der Waals surface area contributed by atoms with Crippen LogP contribution in [0.1, 0.15) is 51.8 Å². The van der Waals surface area contributed by atoms with Crippen molar-refractivity contribution in [1.29, 1.82) is 0 Å². The molecule has 2 aliphatic rings. The molecule has 206 valence electrons. The van der Waals surface area contributed by atoms with Crippen LogP contribution in [0.5, 0.6) is 5.88 Å². The predicted molar refractivity (Wildman–Crippen MR) is 140 cm³/mol. The summed E-state index contributed by atoms with van der Waals surface area (Å²) in [7, 11) is 0. The lowest BCUT2D eigenvalue weighted by Gasteiger charge is -2.31. The summed E-state index contributed by atoms with van der Waals surface area (Å²) in [5.74, 6) is 1.10. The van der Waals surface area contributed by atoms with Crippen molar-refractivity contribution >= 4 is 17.0 Å². The molecule has 0 atom stereocenters. The molecule has 38 heavy (non-hydrogen) atoms. The van der Waals surface area contributed by atoms with Crippen molar-refractivity contribution in [2.24, 2.45) is 5.92 Å². The van der Waals surface area contributed by atoms with E-state index in [1.807, 2.05) is 4.90 Å². The number of ether oxygens (including phenoxy) is 2. The largest absolute Gasteiger partial charge is 0.477 e. The first-order valence-corrected chi connectivity index (χ1v) is 13.3. The fourth-order valence-corrected chi connectivity index (χ4v) is 5.06. The Bertz CT molecular complexity index is 1220. The normalized spacial score (nSPS) is 20.8. The maximum absolute atomic E-state index is 14.0. The van der Waals surface area contributed by atoms with Crippen molar-refractivity contribution in [1.82, 2.24) is 24.8 Å². The molecule has 9 nitrogen and oxygen atoms in total. The van der Waals surface area contributed by atoms with Crippen molar-refractivity contribution in [3.05, 3.63) is 36.2 Å². The molecule has 3 heterocycles. The molecule has 0 radical (unpaired) electrons. The number of aliphatic hydroxyl groups is 1. The first-order chi connectivity index (χ1) is 18.3. The van der Waals surface area contributed by atoms with Crippen molar-refractivity contribution in [3.63, 3.8) is 0 Å². The van der Waals surface area contributed by atoms with E-state index in [2.05, 4.69) is 20.3 Å². The third kappa shape index (κ3) is 6.39. The number of alkyl halides is 2. The molecule has 5 rings (SSSR count). The zero-order valence-electron chi connectivity index (χ0n) is 21.9. The minimum absolute atomic E-state index is 0.306. The van der Waals surface area contributed by atoms with Gasteiger partial charge in [-0.25, -0.2) is 13.8 Å². The summed E-state index contributed by atoms with van der Waals surface area (Å²) in [6.45, 7) is 6.97. The van der Waals surface area contributed by atoms with Crippen LogP contribution in [0.3, 0.4) is 0 Å². The molecule has 2 aromatic heterocycles. The smallest absolute Gasteiger partial charge is 0.296 e. The van der Waals surface area contributed by atoms with Crippen molar-refractivity contribution in [3.8, 4) is 11.7 Å². The Morgan fingerprint density at radius 3 is 2.55 bits per heavy atom. The van der Waals surface area contributed by atoms with Gasteiger partial charge in [0.2, 0.25) is 11.8 Å². The number of halogens is 2. The summed E-state index contributed by atoms with van der Waals surface area (Å²) in [5.41, 5.74) is 0.303. The minimum Gasteiger partial charge on any atom is -0.477 e. The van der Waals surface area contributed by atoms with Gasteiger partial charge in [-0.15, -0.1) is 0 Å². The lowest BCUT2D eigenvalue weighted by molar-refractivity contribution is 0.0724. The third-order valence-corrected chi connectivity index (χ3v) is 7.12. The number of nitrogens with one attached hydrogen (secondary N) is 1. The second kappa shape index (κ2) is 11.5. The van der Waals surface area contributed by atoms with Crippen molar-refractivity contribution < 1.29 is 23.4 Å². The standard InChI is InChI=1S/C27H36F2N6O3/c1-27(2,36)17-30-19-9-7-18(8-10-19)16-38-23-15-22(32-26(33-23)34-11-13-37-14-12-34)35-21-6-4-3-5-20(21)31-25(35)24(28)29/h3-6,15,18-19,24,30,36H,7-14,16-17H2,1-2H3/t18-,19-. The molecule has 0 unspecified atom stereocenters. The summed E-state index contributed by atoms with van der Waals surface area (Å²) < 4.78 is 41.2. The van der Waals surface area contributed by atoms with Gasteiger partial charge in [0.05, 0.1) is 36.5 Å². The Kier molecular flexibility index (Phi) is 8.06. The molecule has 1 aliphatic carbocycles. The van der Waals surface area contributed by atoms with Gasteiger partial charge in [0.25, 0.3) is 6.43 Å². The van der Waals surface area contributed by atoms with Crippen molar-refractivity contribution in [2.45, 2.75) is 57.6 Å². The molecular formula is C27H36F2N6O3. The quantitative estimate of drug-likeness (QED) is 0.430. The zero-order chi connectivity index (χ0) is 26.7. The van der Waals surface area contributed by atoms with E-state index >= 15 is 0 Å². The number of rotatable bonds is 9. The van der Waals surface area contributed by atoms with Crippen LogP contribution in [0.15, 0.2) is 30.3 Å². The summed E-state index contributed by atoms with van der Waals surface area (Å²) in [5, 5.41) is 13.4. The number of hydrogen-bond acceptors (Lipinski definition) is 8. The van der Waals surface area contributed by atoms with Crippen molar-refractivity contribution in [2.75, 3.05) is 44.4 Å². The number of imidazole rings is 1. The molecule has 0 spiro atoms. The molecule has 11 heteroatoms. The molecule has 1 aliphatic heterocycles. The topological polar surface area (TPSA) is 97.6 Å². The monoisotopic (exact) mass is 530 g/mol. The van der Waals surface area contributed by atoms with Gasteiger partial charge in [0.15, 0.2) is 5.82 Å². The van der Waals surface area contributed by atoms with Gasteiger partial charge < -0.3 is 24.8 Å². The first-order valence-electron chi connectivity index (χ1n) is 13.3. The van der Waals surface area contributed by atoms with E-state index in [9.17, 15) is 13.9 Å². The van der Waals surface area contributed by atoms with Gasteiger partial charge in [-0.2, -0.15) is 9.97 Å². The number of anilines is 1. The average Bonchev–Trinajstić information content (AvgIpc) is 3.31. The Morgan fingerprint density at radius 2 is 1.84 bits per heavy atom. The Labute approximate surface area is 221 Å². The van der Waals surface area contributed by atoms with E-state index in [-0.39, 0.29) is 5.82 Å². The second-order valence-electron chi connectivity index (χ2n) is 10.8. The van der Waals surface area contributed by atoms with E-state index in [1.165, 1.54) is 4.57 Å². The highest BCUT2D eigenvalue weighted by molar-refractivity contribution is 5.78. The van der Waals surface area contributed by atoms with Gasteiger partial charge in [-0.05, 0) is 57.6 Å². The molecule has 2 fully saturated rings. The van der Waals surface area contributed by atoms with Gasteiger partial charge in [-0.1, -0.05) is 12.1 Å². The molecule has 3 aromatic rings. The van der Waals surface area contributed by atoms with E-state index in [4.69, 9.17) is 9.47 Å². The van der Waals surface area contributed by atoms with Crippen LogP contribution < -0.4 is 15.0 Å². The summed E-state index contributed by atoms with van der Waals surface area (Å²) >= 11 is 0. The van der Waals surface area contributed by atoms with E-state index in [0.29, 0.717) is 80.1 Å². The van der Waals surface area contributed by atoms with Gasteiger partial charge in [0.1, 0.15) is 5.82 Å². The van der Waals surface area contributed by atoms with Gasteiger partial charge in [0, 0.05) is 31.7 Å². The Morgan fingerprint density at radius 1 is 1.11 bits per heavy atom. The molecule has 1 saturated carbocycles. The Hall–Kier alpha value is -2.89. The fraction of sp³-hybridized carbons (Fsp3) is 0.593. The number of aromatic nitrogens is 4. The summed E-state index contributed by atoms with van der Waals surface area (Å²) in [6, 6.07) is 9.06. The minimum atomic E-state index is -2.77. The van der Waals surface area contributed by atoms with Crippen LogP contribution in [0.4, 0.5) is 14.7 Å². The molecule has 0 bridgehead atoms. The highest BCUT2D eigenvalue weighted by Gasteiger charge is 2.26. The molecular weight excluding hydrogens is 494 g/mol. The van der Waals surface area contributed by atoms with Gasteiger partial charge in [-0.3, -0.25) is 4.57 Å². The number of para-hydroxylation sites is 2. The number of fused-ring (bicyclic) bond motifs is 1. The van der Waals surface area contributed by atoms with Crippen LogP contribution >= 0.6 is 0 Å². The zero-order valence-corrected chi connectivity index (χ0v) is 21.9. The lowest BCUT2D eigenvalue weighted by atomic mass is 9.86. The number of nitrogens with zero attached hydrogens (tertiary/aromatic N) is 5. The van der Waals surface area contributed by atoms with Crippen LogP contribution in [0.2, 0.25) is 0 Å². The fourth-order valence-electron chi connectivity index (χ4n) is 5.06. The molecule has 1 saturated heterocycles. The molecule has 0 amide bonds. The van der Waals surface area contributed by atoms with Gasteiger partial charge >= 0.3 is 0 Å². The van der Waals surface area contributed by atoms with Crippen LogP contribution in [0, 0.1) is 5.92 Å². The number of morpholine rings is 1. The highest BCUT2D eigenvalue weighted by atomic mass is 19.3. The number of benzene rings is 1. The summed E-state index contributed by atoms with van der Waals surface area (Å²) in [4.78, 5) is 15.5. The SMILES string of the molecule is CC(C)(O)CN[C@H]1CC[C@H](COc2cc(-n3c(C(F)F)nc4ccccc43)nc(N3CCOCC3)n2)CC1. The molecule has 1 aromatic carbocycles. The number of hydrogen-bond donors (Lipinski definition) is 2. The van der Waals surface area contributed by atoms with E-state index in [0.717, 1.165) is 25.7 Å². The van der Waals surface area contributed by atoms with E-state index in [1.54, 1.807) is 44.2 Å². The average molecular weight is 531 g/mol. The predicted octanol–water partition coefficient (Wildman–Crippen LogP) is 3.89. The summed E-state index contributed by atoms with van der Waals surface area (Å²) in [6.07, 6.45) is 1.25. The van der Waals surface area contributed by atoms with E-state index < -0.39 is 12.0 Å². The Balaban J connectivity index is 1.36. The first kappa shape index (κ1) is 26.7. The molecule has 2 N–H and O–H groups in total. The lowest BCUT2D eigenvalue weighted by Crippen LogP contribution is -2.42. The van der Waals surface area contributed by atoms with Crippen LogP contribution in [0.25, 0.3) is 16.9 Å². The maximum Gasteiger partial charge on any atom is 0.296 e. The van der Waals surface area contributed by atoms with Crippen LogP contribution in [-0.2, 0) is 4.74 Å². The second-order valence-corrected chi connectivity index (χ2v) is 10.8. The maximum atomic E-state index is 14.0. The van der Waals surface area contributed by atoms with Crippen LogP contribution in [-0.4, -0.2) is 75.7 Å². The third-order valence-electron chi connectivity index (χ3n) is 7.12. The highest BCUT2D eigenvalue weighted by Crippen LogP contribution is 2.30.